The highest BCUT2D eigenvalue weighted by Crippen LogP contribution is 2.32. The average molecular weight is 476 g/mol. The van der Waals surface area contributed by atoms with Crippen molar-refractivity contribution in [2.24, 2.45) is 5.10 Å². The van der Waals surface area contributed by atoms with Crippen LogP contribution in [0.15, 0.2) is 72.4 Å². The zero-order valence-corrected chi connectivity index (χ0v) is 18.5. The number of hydrogen-bond donors (Lipinski definition) is 4. The first-order valence-corrected chi connectivity index (χ1v) is 11.0. The molecule has 0 bridgehead atoms. The molecule has 5 rings (SSSR count). The second-order valence-corrected chi connectivity index (χ2v) is 7.99. The minimum atomic E-state index is -1.25. The molecule has 4 N–H and O–H groups in total. The van der Waals surface area contributed by atoms with Crippen LogP contribution in [0.3, 0.4) is 0 Å². The Morgan fingerprint density at radius 2 is 1.91 bits per heavy atom. The van der Waals surface area contributed by atoms with Crippen LogP contribution in [0.4, 0.5) is 5.82 Å². The van der Waals surface area contributed by atoms with Gasteiger partial charge in [-0.05, 0) is 23.3 Å². The van der Waals surface area contributed by atoms with E-state index in [0.717, 1.165) is 16.9 Å². The quantitative estimate of drug-likeness (QED) is 0.219. The smallest absolute Gasteiger partial charge is 0.177 e. The van der Waals surface area contributed by atoms with Crippen LogP contribution in [0, 0.1) is 0 Å². The number of anilines is 1. The molecule has 0 saturated carbocycles. The molecule has 11 heteroatoms. The summed E-state index contributed by atoms with van der Waals surface area (Å²) in [5, 5.41) is 34.0. The Balaban J connectivity index is 1.28. The number of nitrogens with one attached hydrogen (secondary N) is 1. The lowest BCUT2D eigenvalue weighted by Gasteiger charge is -2.16. The topological polar surface area (TPSA) is 147 Å². The standard InChI is InChI=1S/C24H24N6O5/c31-11-18-20(32)21(33)24(35-18)30-14-27-19-22(25-13-26-23(19)30)29-28-10-16-7-4-8-17(9-16)34-12-15-5-2-1-3-6-15/h1-10,13-14,18,20-21,24,31-33H,11-12H2,(H,25,26,29)/b28-10+/t18-,20-,21-,24-/m1/s1. The number of hydrogen-bond acceptors (Lipinski definition) is 10. The third-order valence-electron chi connectivity index (χ3n) is 5.64. The molecule has 1 aliphatic heterocycles. The van der Waals surface area contributed by atoms with Gasteiger partial charge < -0.3 is 24.8 Å². The number of aromatic nitrogens is 4. The predicted molar refractivity (Wildman–Crippen MR) is 127 cm³/mol. The van der Waals surface area contributed by atoms with Crippen LogP contribution >= 0.6 is 0 Å². The molecular formula is C24H24N6O5. The number of imidazole rings is 1. The minimum absolute atomic E-state index is 0.355. The van der Waals surface area contributed by atoms with Crippen molar-refractivity contribution in [3.63, 3.8) is 0 Å². The van der Waals surface area contributed by atoms with Crippen LogP contribution in [0.2, 0.25) is 0 Å². The summed E-state index contributed by atoms with van der Waals surface area (Å²) in [6.45, 7) is 0.0487. The zero-order valence-electron chi connectivity index (χ0n) is 18.5. The number of ether oxygens (including phenoxy) is 2. The Morgan fingerprint density at radius 1 is 1.06 bits per heavy atom. The molecule has 0 radical (unpaired) electrons. The maximum atomic E-state index is 10.3. The lowest BCUT2D eigenvalue weighted by atomic mass is 10.1. The van der Waals surface area contributed by atoms with E-state index in [1.807, 2.05) is 54.6 Å². The largest absolute Gasteiger partial charge is 0.489 e. The van der Waals surface area contributed by atoms with Gasteiger partial charge in [0.15, 0.2) is 23.2 Å². The number of benzene rings is 2. The number of hydrazone groups is 1. The normalized spacial score (nSPS) is 22.1. The molecule has 4 atom stereocenters. The molecule has 0 amide bonds. The molecule has 1 saturated heterocycles. The van der Waals surface area contributed by atoms with E-state index in [1.54, 1.807) is 6.21 Å². The summed E-state index contributed by atoms with van der Waals surface area (Å²) in [6, 6.07) is 17.5. The maximum absolute atomic E-state index is 10.3. The third kappa shape index (κ3) is 4.84. The number of rotatable bonds is 8. The number of fused-ring (bicyclic) bond motifs is 1. The van der Waals surface area contributed by atoms with Gasteiger partial charge in [-0.25, -0.2) is 15.0 Å². The highest BCUT2D eigenvalue weighted by molar-refractivity contribution is 5.85. The lowest BCUT2D eigenvalue weighted by molar-refractivity contribution is -0.0511. The van der Waals surface area contributed by atoms with Crippen molar-refractivity contribution in [2.45, 2.75) is 31.1 Å². The molecule has 0 spiro atoms. The number of aliphatic hydroxyl groups excluding tert-OH is 3. The van der Waals surface area contributed by atoms with Crippen LogP contribution in [0.1, 0.15) is 17.4 Å². The van der Waals surface area contributed by atoms with E-state index in [2.05, 4.69) is 25.5 Å². The van der Waals surface area contributed by atoms with Gasteiger partial charge in [0.05, 0.1) is 19.1 Å². The van der Waals surface area contributed by atoms with Crippen LogP contribution in [0.25, 0.3) is 11.2 Å². The molecule has 3 heterocycles. The van der Waals surface area contributed by atoms with E-state index in [-0.39, 0.29) is 0 Å². The fourth-order valence-electron chi connectivity index (χ4n) is 3.82. The second-order valence-electron chi connectivity index (χ2n) is 7.99. The van der Waals surface area contributed by atoms with E-state index < -0.39 is 31.1 Å². The molecule has 180 valence electrons. The van der Waals surface area contributed by atoms with Crippen molar-refractivity contribution in [2.75, 3.05) is 12.0 Å². The van der Waals surface area contributed by atoms with E-state index >= 15 is 0 Å². The third-order valence-corrected chi connectivity index (χ3v) is 5.64. The first-order chi connectivity index (χ1) is 17.1. The van der Waals surface area contributed by atoms with Crippen molar-refractivity contribution >= 4 is 23.2 Å². The molecule has 2 aromatic carbocycles. The van der Waals surface area contributed by atoms with Gasteiger partial charge in [-0.1, -0.05) is 42.5 Å². The number of aliphatic hydroxyl groups is 3. The van der Waals surface area contributed by atoms with Crippen LogP contribution in [-0.2, 0) is 11.3 Å². The van der Waals surface area contributed by atoms with E-state index in [9.17, 15) is 15.3 Å². The van der Waals surface area contributed by atoms with Gasteiger partial charge in [-0.2, -0.15) is 5.10 Å². The van der Waals surface area contributed by atoms with E-state index in [4.69, 9.17) is 9.47 Å². The Labute approximate surface area is 200 Å². The molecule has 0 aliphatic carbocycles. The zero-order chi connectivity index (χ0) is 24.2. The van der Waals surface area contributed by atoms with Crippen molar-refractivity contribution in [1.29, 1.82) is 0 Å². The summed E-state index contributed by atoms with van der Waals surface area (Å²) < 4.78 is 12.9. The van der Waals surface area contributed by atoms with Crippen molar-refractivity contribution in [1.82, 2.24) is 19.5 Å². The second kappa shape index (κ2) is 10.2. The highest BCUT2D eigenvalue weighted by Gasteiger charge is 2.44. The Morgan fingerprint density at radius 3 is 2.71 bits per heavy atom. The van der Waals surface area contributed by atoms with Crippen molar-refractivity contribution in [3.8, 4) is 5.75 Å². The van der Waals surface area contributed by atoms with Gasteiger partial charge in [-0.3, -0.25) is 9.99 Å². The molecular weight excluding hydrogens is 452 g/mol. The van der Waals surface area contributed by atoms with Crippen LogP contribution < -0.4 is 10.2 Å². The van der Waals surface area contributed by atoms with E-state index in [1.165, 1.54) is 17.2 Å². The molecule has 1 aliphatic rings. The number of nitrogens with zero attached hydrogens (tertiary/aromatic N) is 5. The summed E-state index contributed by atoms with van der Waals surface area (Å²) in [4.78, 5) is 12.7. The van der Waals surface area contributed by atoms with E-state index in [0.29, 0.717) is 23.6 Å². The van der Waals surface area contributed by atoms with Gasteiger partial charge in [-0.15, -0.1) is 0 Å². The minimum Gasteiger partial charge on any atom is -0.489 e. The van der Waals surface area contributed by atoms with Crippen LogP contribution in [-0.4, -0.2) is 66.0 Å². The lowest BCUT2D eigenvalue weighted by Crippen LogP contribution is -2.33. The summed E-state index contributed by atoms with van der Waals surface area (Å²) >= 11 is 0. The fraction of sp³-hybridized carbons (Fsp3) is 0.250. The highest BCUT2D eigenvalue weighted by atomic mass is 16.6. The van der Waals surface area contributed by atoms with Gasteiger partial charge >= 0.3 is 0 Å². The summed E-state index contributed by atoms with van der Waals surface area (Å²) in [5.41, 5.74) is 5.56. The molecule has 2 aromatic heterocycles. The molecule has 0 unspecified atom stereocenters. The maximum Gasteiger partial charge on any atom is 0.177 e. The van der Waals surface area contributed by atoms with Crippen molar-refractivity contribution < 1.29 is 24.8 Å². The van der Waals surface area contributed by atoms with Gasteiger partial charge in [0.2, 0.25) is 0 Å². The summed E-state index contributed by atoms with van der Waals surface area (Å²) in [5.74, 6) is 1.08. The Bertz CT molecular complexity index is 1310. The monoisotopic (exact) mass is 476 g/mol. The Kier molecular flexibility index (Phi) is 6.64. The van der Waals surface area contributed by atoms with Gasteiger partial charge in [0.25, 0.3) is 0 Å². The van der Waals surface area contributed by atoms with Crippen molar-refractivity contribution in [3.05, 3.63) is 78.4 Å². The van der Waals surface area contributed by atoms with Gasteiger partial charge in [0.1, 0.15) is 37.0 Å². The van der Waals surface area contributed by atoms with Gasteiger partial charge in [0, 0.05) is 0 Å². The molecule has 11 nitrogen and oxygen atoms in total. The molecule has 1 fully saturated rings. The first-order valence-electron chi connectivity index (χ1n) is 11.0. The average Bonchev–Trinajstić information content (AvgIpc) is 3.45. The summed E-state index contributed by atoms with van der Waals surface area (Å²) in [7, 11) is 0. The van der Waals surface area contributed by atoms with Crippen LogP contribution in [0.5, 0.6) is 5.75 Å². The SMILES string of the molecule is OC[C@H]1O[C@@H](n2cnc3c(N/N=C/c4cccc(OCc5ccccc5)c4)ncnc32)[C@H](O)[C@@H]1O. The molecule has 4 aromatic rings. The summed E-state index contributed by atoms with van der Waals surface area (Å²) in [6.07, 6.45) is 0.0804. The fourth-order valence-corrected chi connectivity index (χ4v) is 3.82. The predicted octanol–water partition coefficient (Wildman–Crippen LogP) is 1.46. The molecule has 35 heavy (non-hydrogen) atoms. The first kappa shape index (κ1) is 22.9. The Hall–Kier alpha value is -3.90.